The van der Waals surface area contributed by atoms with Gasteiger partial charge in [-0.15, -0.1) is 11.3 Å². The van der Waals surface area contributed by atoms with Crippen molar-refractivity contribution in [2.75, 3.05) is 18.4 Å². The summed E-state index contributed by atoms with van der Waals surface area (Å²) in [6.45, 7) is 2.08. The van der Waals surface area contributed by atoms with Crippen molar-refractivity contribution in [1.82, 2.24) is 20.3 Å². The Morgan fingerprint density at radius 1 is 1.22 bits per heavy atom. The predicted molar refractivity (Wildman–Crippen MR) is 72.3 cm³/mol. The Morgan fingerprint density at radius 2 is 2.17 bits per heavy atom. The van der Waals surface area contributed by atoms with E-state index in [1.54, 1.807) is 29.9 Å². The van der Waals surface area contributed by atoms with Crippen molar-refractivity contribution in [3.05, 3.63) is 29.7 Å². The summed E-state index contributed by atoms with van der Waals surface area (Å²) in [4.78, 5) is 13.1. The number of hydrogen-bond donors (Lipinski definition) is 2. The topological polar surface area (TPSA) is 62.7 Å². The fourth-order valence-electron chi connectivity index (χ4n) is 2.22. The Balaban J connectivity index is 1.84. The van der Waals surface area contributed by atoms with Crippen LogP contribution in [0.1, 0.15) is 24.5 Å². The first-order valence-electron chi connectivity index (χ1n) is 6.11. The Morgan fingerprint density at radius 3 is 2.94 bits per heavy atom. The smallest absolute Gasteiger partial charge is 0.188 e. The van der Waals surface area contributed by atoms with E-state index in [1.165, 1.54) is 6.42 Å². The van der Waals surface area contributed by atoms with Crippen LogP contribution in [-0.2, 0) is 0 Å². The summed E-state index contributed by atoms with van der Waals surface area (Å²) < 4.78 is 0. The van der Waals surface area contributed by atoms with Crippen LogP contribution < -0.4 is 10.6 Å². The van der Waals surface area contributed by atoms with Crippen LogP contribution in [0.3, 0.4) is 0 Å². The first-order chi connectivity index (χ1) is 8.93. The Bertz CT molecular complexity index is 493. The van der Waals surface area contributed by atoms with Crippen molar-refractivity contribution >= 4 is 22.3 Å². The first-order valence-corrected chi connectivity index (χ1v) is 6.99. The second-order valence-corrected chi connectivity index (χ2v) is 5.19. The lowest BCUT2D eigenvalue weighted by molar-refractivity contribution is 0.455. The van der Waals surface area contributed by atoms with E-state index < -0.39 is 0 Å². The Labute approximate surface area is 110 Å². The molecule has 1 aliphatic heterocycles. The maximum absolute atomic E-state index is 4.49. The van der Waals surface area contributed by atoms with Crippen LogP contribution in [0.2, 0.25) is 0 Å². The van der Waals surface area contributed by atoms with Gasteiger partial charge in [-0.2, -0.15) is 0 Å². The summed E-state index contributed by atoms with van der Waals surface area (Å²) in [5.74, 6) is 1.27. The fourth-order valence-corrected chi connectivity index (χ4v) is 2.74. The molecule has 2 aromatic rings. The maximum atomic E-state index is 4.49. The molecule has 0 aromatic carbocycles. The molecule has 1 saturated heterocycles. The molecule has 2 aromatic heterocycles. The molecule has 0 bridgehead atoms. The van der Waals surface area contributed by atoms with Crippen molar-refractivity contribution in [2.45, 2.75) is 18.8 Å². The van der Waals surface area contributed by atoms with Gasteiger partial charge in [-0.05, 0) is 19.4 Å². The number of hydrogen-bond acceptors (Lipinski definition) is 6. The molecule has 0 saturated carbocycles. The van der Waals surface area contributed by atoms with Crippen LogP contribution >= 0.6 is 11.3 Å². The van der Waals surface area contributed by atoms with E-state index in [9.17, 15) is 0 Å². The summed E-state index contributed by atoms with van der Waals surface area (Å²) in [5.41, 5.74) is 1.04. The molecule has 1 aliphatic rings. The number of piperidine rings is 1. The third-order valence-corrected chi connectivity index (χ3v) is 3.76. The number of nitrogens with zero attached hydrogens (tertiary/aromatic N) is 3. The van der Waals surface area contributed by atoms with E-state index in [4.69, 9.17) is 0 Å². The van der Waals surface area contributed by atoms with E-state index >= 15 is 0 Å². The number of aromatic nitrogens is 3. The lowest BCUT2D eigenvalue weighted by Gasteiger charge is -2.23. The molecule has 0 radical (unpaired) electrons. The predicted octanol–water partition coefficient (Wildman–Crippen LogP) is 2.14. The van der Waals surface area contributed by atoms with Gasteiger partial charge in [0.05, 0.1) is 5.69 Å². The molecule has 0 spiro atoms. The van der Waals surface area contributed by atoms with E-state index in [0.717, 1.165) is 36.2 Å². The van der Waals surface area contributed by atoms with E-state index in [0.29, 0.717) is 5.92 Å². The van der Waals surface area contributed by atoms with Gasteiger partial charge in [0.25, 0.3) is 0 Å². The zero-order chi connectivity index (χ0) is 12.2. The van der Waals surface area contributed by atoms with Gasteiger partial charge in [0, 0.05) is 36.4 Å². The average molecular weight is 261 g/mol. The number of rotatable bonds is 3. The molecule has 94 valence electrons. The van der Waals surface area contributed by atoms with E-state index in [1.807, 2.05) is 5.38 Å². The summed E-state index contributed by atoms with van der Waals surface area (Å²) in [6.07, 6.45) is 7.62. The van der Waals surface area contributed by atoms with E-state index in [-0.39, 0.29) is 0 Å². The van der Waals surface area contributed by atoms with Crippen molar-refractivity contribution in [3.63, 3.8) is 0 Å². The maximum Gasteiger partial charge on any atom is 0.188 e. The lowest BCUT2D eigenvalue weighted by atomic mass is 9.96. The number of anilines is 2. The summed E-state index contributed by atoms with van der Waals surface area (Å²) >= 11 is 1.57. The summed E-state index contributed by atoms with van der Waals surface area (Å²) in [7, 11) is 0. The van der Waals surface area contributed by atoms with Crippen molar-refractivity contribution in [1.29, 1.82) is 0 Å². The normalized spacial score (nSPS) is 19.7. The highest BCUT2D eigenvalue weighted by Crippen LogP contribution is 2.28. The minimum absolute atomic E-state index is 0.440. The highest BCUT2D eigenvalue weighted by Gasteiger charge is 2.20. The number of thiazole rings is 1. The lowest BCUT2D eigenvalue weighted by Crippen LogP contribution is -2.29. The van der Waals surface area contributed by atoms with Gasteiger partial charge in [0.1, 0.15) is 0 Å². The van der Waals surface area contributed by atoms with Crippen molar-refractivity contribution in [3.8, 4) is 0 Å². The van der Waals surface area contributed by atoms with Gasteiger partial charge >= 0.3 is 0 Å². The van der Waals surface area contributed by atoms with Crippen molar-refractivity contribution < 1.29 is 0 Å². The van der Waals surface area contributed by atoms with Crippen molar-refractivity contribution in [2.24, 2.45) is 0 Å². The van der Waals surface area contributed by atoms with Crippen LogP contribution in [-0.4, -0.2) is 28.0 Å². The molecule has 0 aliphatic carbocycles. The van der Waals surface area contributed by atoms with Crippen LogP contribution in [0.15, 0.2) is 24.0 Å². The van der Waals surface area contributed by atoms with Crippen LogP contribution in [0, 0.1) is 0 Å². The monoisotopic (exact) mass is 261 g/mol. The zero-order valence-corrected chi connectivity index (χ0v) is 10.8. The van der Waals surface area contributed by atoms with Crippen LogP contribution in [0.25, 0.3) is 0 Å². The largest absolute Gasteiger partial charge is 0.316 e. The number of nitrogens with one attached hydrogen (secondary N) is 2. The first kappa shape index (κ1) is 11.6. The van der Waals surface area contributed by atoms with Gasteiger partial charge in [0.2, 0.25) is 0 Å². The molecule has 1 unspecified atom stereocenters. The molecular formula is C12H15N5S. The summed E-state index contributed by atoms with van der Waals surface area (Å²) in [5, 5.41) is 9.47. The second kappa shape index (κ2) is 5.41. The molecule has 3 heterocycles. The molecule has 1 fully saturated rings. The molecule has 6 heteroatoms. The molecule has 1 atom stereocenters. The second-order valence-electron chi connectivity index (χ2n) is 4.30. The molecule has 0 amide bonds. The molecule has 5 nitrogen and oxygen atoms in total. The Hall–Kier alpha value is -1.53. The summed E-state index contributed by atoms with van der Waals surface area (Å²) in [6, 6.07) is 0. The van der Waals surface area contributed by atoms with Gasteiger partial charge in [-0.1, -0.05) is 0 Å². The quantitative estimate of drug-likeness (QED) is 0.886. The van der Waals surface area contributed by atoms with E-state index in [2.05, 4.69) is 25.6 Å². The van der Waals surface area contributed by atoms with Gasteiger partial charge in [-0.3, -0.25) is 4.98 Å². The average Bonchev–Trinajstić information content (AvgIpc) is 2.93. The molecule has 2 N–H and O–H groups in total. The fraction of sp³-hybridized carbons (Fsp3) is 0.417. The SMILES string of the molecule is c1csc(Nc2nccnc2C2CCCNC2)n1. The van der Waals surface area contributed by atoms with Gasteiger partial charge < -0.3 is 10.6 Å². The third-order valence-electron chi connectivity index (χ3n) is 3.07. The third kappa shape index (κ3) is 2.49. The Kier molecular flexibility index (Phi) is 3.47. The van der Waals surface area contributed by atoms with Crippen LogP contribution in [0.4, 0.5) is 10.9 Å². The van der Waals surface area contributed by atoms with Gasteiger partial charge in [-0.25, -0.2) is 9.97 Å². The van der Waals surface area contributed by atoms with Crippen LogP contribution in [0.5, 0.6) is 0 Å². The molecule has 18 heavy (non-hydrogen) atoms. The minimum atomic E-state index is 0.440. The highest BCUT2D eigenvalue weighted by molar-refractivity contribution is 7.13. The highest BCUT2D eigenvalue weighted by atomic mass is 32.1. The minimum Gasteiger partial charge on any atom is -0.316 e. The molecule has 3 rings (SSSR count). The molecular weight excluding hydrogens is 246 g/mol. The zero-order valence-electron chi connectivity index (χ0n) is 9.97. The standard InChI is InChI=1S/C12H15N5S/c1-2-9(8-13-3-1)10-11(15-5-4-14-10)17-12-16-6-7-18-12/h4-7,9,13H,1-3,8H2,(H,15,16,17). The van der Waals surface area contributed by atoms with Gasteiger partial charge in [0.15, 0.2) is 10.9 Å².